The number of nitrogens with zero attached hydrogens (tertiary/aromatic N) is 1. The van der Waals surface area contributed by atoms with Gasteiger partial charge < -0.3 is 10.6 Å². The van der Waals surface area contributed by atoms with E-state index < -0.39 is 16.1 Å². The first-order chi connectivity index (χ1) is 9.85. The van der Waals surface area contributed by atoms with Crippen molar-refractivity contribution in [2.75, 3.05) is 31.4 Å². The molecule has 21 heavy (non-hydrogen) atoms. The molecule has 124 valence electrons. The molecule has 1 rings (SSSR count). The van der Waals surface area contributed by atoms with Gasteiger partial charge in [0, 0.05) is 19.1 Å². The Bertz CT molecular complexity index is 428. The van der Waals surface area contributed by atoms with Crippen LogP contribution < -0.4 is 10.5 Å². The van der Waals surface area contributed by atoms with Crippen molar-refractivity contribution < 1.29 is 13.2 Å². The number of likely N-dealkylation sites (tertiary alicyclic amines) is 1. The van der Waals surface area contributed by atoms with Crippen LogP contribution in [0, 0.1) is 0 Å². The molecule has 0 aromatic heterocycles. The van der Waals surface area contributed by atoms with Gasteiger partial charge in [0.05, 0.1) is 12.3 Å². The van der Waals surface area contributed by atoms with Crippen molar-refractivity contribution in [2.24, 2.45) is 5.73 Å². The van der Waals surface area contributed by atoms with Crippen molar-refractivity contribution in [3.63, 3.8) is 0 Å². The average molecular weight is 338 g/mol. The Kier molecular flexibility index (Phi) is 8.00. The predicted octanol–water partition coefficient (Wildman–Crippen LogP) is 0.387. The second kappa shape index (κ2) is 8.97. The van der Waals surface area contributed by atoms with Crippen LogP contribution in [0.5, 0.6) is 0 Å². The average Bonchev–Trinajstić information content (AvgIpc) is 2.43. The molecule has 1 fully saturated rings. The van der Waals surface area contributed by atoms with E-state index in [9.17, 15) is 13.2 Å². The third-order valence-corrected chi connectivity index (χ3v) is 5.07. The Morgan fingerprint density at radius 3 is 2.81 bits per heavy atom. The van der Waals surface area contributed by atoms with E-state index in [0.717, 1.165) is 37.8 Å². The van der Waals surface area contributed by atoms with Crippen molar-refractivity contribution in [1.82, 2.24) is 9.62 Å². The normalized spacial score (nSPS) is 21.3. The van der Waals surface area contributed by atoms with E-state index in [2.05, 4.69) is 4.72 Å². The minimum Gasteiger partial charge on any atom is -0.338 e. The molecule has 8 heteroatoms. The molecule has 6 nitrogen and oxygen atoms in total. The van der Waals surface area contributed by atoms with E-state index in [1.807, 2.05) is 11.2 Å². The number of carbonyl (C=O) groups excluding carboxylic acids is 1. The molecular formula is C13H27N3O3S2. The maximum absolute atomic E-state index is 12.4. The summed E-state index contributed by atoms with van der Waals surface area (Å²) < 4.78 is 24.7. The molecule has 0 radical (unpaired) electrons. The molecule has 1 aliphatic rings. The van der Waals surface area contributed by atoms with Crippen LogP contribution in [0.15, 0.2) is 0 Å². The number of amides is 1. The number of thioether (sulfide) groups is 1. The van der Waals surface area contributed by atoms with Crippen molar-refractivity contribution in [3.8, 4) is 0 Å². The minimum absolute atomic E-state index is 0.00751. The summed E-state index contributed by atoms with van der Waals surface area (Å²) in [5, 5.41) is 0. The quantitative estimate of drug-likeness (QED) is 0.668. The number of sulfonamides is 1. The van der Waals surface area contributed by atoms with Crippen LogP contribution in [0.2, 0.25) is 0 Å². The fraction of sp³-hybridized carbons (Fsp3) is 0.923. The largest absolute Gasteiger partial charge is 0.338 e. The minimum atomic E-state index is -3.17. The zero-order valence-electron chi connectivity index (χ0n) is 12.9. The van der Waals surface area contributed by atoms with Crippen LogP contribution in [-0.4, -0.2) is 62.7 Å². The van der Waals surface area contributed by atoms with Gasteiger partial charge in [0.25, 0.3) is 0 Å². The lowest BCUT2D eigenvalue weighted by Gasteiger charge is -2.37. The Labute approximate surface area is 132 Å². The molecule has 0 aliphatic carbocycles. The van der Waals surface area contributed by atoms with E-state index >= 15 is 0 Å². The molecule has 1 unspecified atom stereocenters. The molecule has 0 aromatic carbocycles. The van der Waals surface area contributed by atoms with Crippen molar-refractivity contribution in [1.29, 1.82) is 0 Å². The first-order valence-corrected chi connectivity index (χ1v) is 10.6. The molecule has 2 atom stereocenters. The highest BCUT2D eigenvalue weighted by Crippen LogP contribution is 2.20. The fourth-order valence-corrected chi connectivity index (χ4v) is 3.56. The highest BCUT2D eigenvalue weighted by atomic mass is 32.2. The van der Waals surface area contributed by atoms with Gasteiger partial charge in [0.15, 0.2) is 0 Å². The second-order valence-electron chi connectivity index (χ2n) is 5.52. The number of hydrogen-bond donors (Lipinski definition) is 2. The topological polar surface area (TPSA) is 92.5 Å². The van der Waals surface area contributed by atoms with Gasteiger partial charge in [0.2, 0.25) is 15.9 Å². The van der Waals surface area contributed by atoms with Gasteiger partial charge in [-0.3, -0.25) is 4.79 Å². The maximum atomic E-state index is 12.4. The standard InChI is InChI=1S/C13H27N3O3S2/c1-20-10-7-12(14)13(17)16-9-4-3-5-11(16)6-8-15-21(2,18)19/h11-12,15H,3-10,14H2,1-2H3/t11?,12-/m0/s1. The van der Waals surface area contributed by atoms with E-state index in [-0.39, 0.29) is 11.9 Å². The Hall–Kier alpha value is -0.310. The highest BCUT2D eigenvalue weighted by Gasteiger charge is 2.29. The van der Waals surface area contributed by atoms with Crippen molar-refractivity contribution in [2.45, 2.75) is 44.2 Å². The smallest absolute Gasteiger partial charge is 0.239 e. The van der Waals surface area contributed by atoms with Crippen LogP contribution in [0.25, 0.3) is 0 Å². The molecule has 1 saturated heterocycles. The lowest BCUT2D eigenvalue weighted by atomic mass is 9.98. The predicted molar refractivity (Wildman–Crippen MR) is 87.8 cm³/mol. The van der Waals surface area contributed by atoms with Gasteiger partial charge in [-0.05, 0) is 44.1 Å². The molecule has 0 bridgehead atoms. The SMILES string of the molecule is CSCC[C@H](N)C(=O)N1CCCCC1CCNS(C)(=O)=O. The summed E-state index contributed by atoms with van der Waals surface area (Å²) in [4.78, 5) is 14.3. The first-order valence-electron chi connectivity index (χ1n) is 7.35. The Morgan fingerprint density at radius 1 is 1.48 bits per heavy atom. The van der Waals surface area contributed by atoms with E-state index in [4.69, 9.17) is 5.73 Å². The lowest BCUT2D eigenvalue weighted by molar-refractivity contribution is -0.136. The summed E-state index contributed by atoms with van der Waals surface area (Å²) in [6.45, 7) is 1.10. The summed E-state index contributed by atoms with van der Waals surface area (Å²) in [5.74, 6) is 0.884. The number of piperidine rings is 1. The monoisotopic (exact) mass is 337 g/mol. The first kappa shape index (κ1) is 18.7. The zero-order chi connectivity index (χ0) is 15.9. The van der Waals surface area contributed by atoms with Gasteiger partial charge >= 0.3 is 0 Å². The maximum Gasteiger partial charge on any atom is 0.239 e. The van der Waals surface area contributed by atoms with Crippen LogP contribution in [0.3, 0.4) is 0 Å². The second-order valence-corrected chi connectivity index (χ2v) is 8.34. The lowest BCUT2D eigenvalue weighted by Crippen LogP contribution is -2.51. The number of nitrogens with two attached hydrogens (primary N) is 1. The Morgan fingerprint density at radius 2 is 2.19 bits per heavy atom. The van der Waals surface area contributed by atoms with E-state index in [1.165, 1.54) is 0 Å². The molecule has 0 saturated carbocycles. The molecule has 0 aromatic rings. The molecule has 1 aliphatic heterocycles. The highest BCUT2D eigenvalue weighted by molar-refractivity contribution is 7.98. The van der Waals surface area contributed by atoms with Crippen molar-refractivity contribution in [3.05, 3.63) is 0 Å². The number of rotatable bonds is 8. The summed E-state index contributed by atoms with van der Waals surface area (Å²) in [5.41, 5.74) is 5.98. The van der Waals surface area contributed by atoms with Crippen LogP contribution in [0.4, 0.5) is 0 Å². The van der Waals surface area contributed by atoms with Gasteiger partial charge in [0.1, 0.15) is 0 Å². The number of hydrogen-bond acceptors (Lipinski definition) is 5. The van der Waals surface area contributed by atoms with E-state index in [0.29, 0.717) is 19.4 Å². The van der Waals surface area contributed by atoms with Crippen LogP contribution in [0.1, 0.15) is 32.1 Å². The van der Waals surface area contributed by atoms with Crippen LogP contribution >= 0.6 is 11.8 Å². The number of carbonyl (C=O) groups is 1. The molecule has 3 N–H and O–H groups in total. The Balaban J connectivity index is 2.53. The molecular weight excluding hydrogens is 310 g/mol. The fourth-order valence-electron chi connectivity index (χ4n) is 2.58. The van der Waals surface area contributed by atoms with Gasteiger partial charge in [-0.15, -0.1) is 0 Å². The van der Waals surface area contributed by atoms with Crippen molar-refractivity contribution >= 4 is 27.7 Å². The van der Waals surface area contributed by atoms with Crippen LogP contribution in [-0.2, 0) is 14.8 Å². The van der Waals surface area contributed by atoms with Gasteiger partial charge in [-0.2, -0.15) is 11.8 Å². The van der Waals surface area contributed by atoms with E-state index in [1.54, 1.807) is 11.8 Å². The zero-order valence-corrected chi connectivity index (χ0v) is 14.5. The molecule has 0 spiro atoms. The third kappa shape index (κ3) is 6.99. The summed E-state index contributed by atoms with van der Waals surface area (Å²) in [7, 11) is -3.17. The number of nitrogens with one attached hydrogen (secondary N) is 1. The summed E-state index contributed by atoms with van der Waals surface area (Å²) in [6, 6.07) is -0.346. The molecule has 1 heterocycles. The third-order valence-electron chi connectivity index (χ3n) is 3.70. The summed E-state index contributed by atoms with van der Waals surface area (Å²) >= 11 is 1.68. The molecule has 1 amide bonds. The summed E-state index contributed by atoms with van der Waals surface area (Å²) in [6.07, 6.45) is 7.47. The van der Waals surface area contributed by atoms with Gasteiger partial charge in [-0.1, -0.05) is 0 Å². The van der Waals surface area contributed by atoms with Gasteiger partial charge in [-0.25, -0.2) is 13.1 Å².